The van der Waals surface area contributed by atoms with E-state index in [1.807, 2.05) is 0 Å². The highest BCUT2D eigenvalue weighted by Crippen LogP contribution is 2.15. The Morgan fingerprint density at radius 2 is 1.57 bits per heavy atom. The van der Waals surface area contributed by atoms with Crippen LogP contribution in [0.5, 0.6) is 0 Å². The van der Waals surface area contributed by atoms with E-state index in [9.17, 15) is 14.4 Å². The number of rotatable bonds is 6. The summed E-state index contributed by atoms with van der Waals surface area (Å²) in [6.07, 6.45) is -2.11. The monoisotopic (exact) mass is 224 g/mol. The number of thioether (sulfide) groups is 1. The molecule has 8 heteroatoms. The van der Waals surface area contributed by atoms with Gasteiger partial charge in [0.15, 0.2) is 6.10 Å². The first-order chi connectivity index (χ1) is 6.36. The van der Waals surface area contributed by atoms with Crippen molar-refractivity contribution in [2.24, 2.45) is 0 Å². The van der Waals surface area contributed by atoms with Crippen LogP contribution in [0, 0.1) is 0 Å². The molecule has 0 unspecified atom stereocenters. The molecule has 0 radical (unpaired) electrons. The molecule has 7 nitrogen and oxygen atoms in total. The molecule has 0 aliphatic heterocycles. The van der Waals surface area contributed by atoms with Gasteiger partial charge in [0.1, 0.15) is 5.25 Å². The summed E-state index contributed by atoms with van der Waals surface area (Å²) in [7, 11) is 0. The number of hydrogen-bond donors (Lipinski definition) is 4. The fourth-order valence-corrected chi connectivity index (χ4v) is 1.35. The maximum absolute atomic E-state index is 10.4. The minimum Gasteiger partial charge on any atom is -0.481 e. The summed E-state index contributed by atoms with van der Waals surface area (Å²) in [4.78, 5) is 30.7. The second-order valence-corrected chi connectivity index (χ2v) is 3.38. The fraction of sp³-hybridized carbons (Fsp3) is 0.500. The Balaban J connectivity index is 4.37. The first-order valence-corrected chi connectivity index (χ1v) is 4.38. The number of carboxylic acid groups (broad SMARTS) is 3. The number of carboxylic acids is 3. The minimum atomic E-state index is -2.11. The van der Waals surface area contributed by atoms with Crippen molar-refractivity contribution in [3.63, 3.8) is 0 Å². The zero-order valence-corrected chi connectivity index (χ0v) is 7.60. The van der Waals surface area contributed by atoms with Gasteiger partial charge in [-0.3, -0.25) is 9.59 Å². The number of aliphatic hydroxyl groups is 1. The van der Waals surface area contributed by atoms with Crippen molar-refractivity contribution in [1.82, 2.24) is 0 Å². The SMILES string of the molecule is O=C(O)CS[C@H](C(=O)O)[C@H](O)C(=O)O. The van der Waals surface area contributed by atoms with Crippen LogP contribution in [0.25, 0.3) is 0 Å². The van der Waals surface area contributed by atoms with Crippen LogP contribution in [0.3, 0.4) is 0 Å². The predicted molar refractivity (Wildman–Crippen MR) is 45.2 cm³/mol. The standard InChI is InChI=1S/C6H8O7S/c7-2(8)1-14-4(6(12)13)3(9)5(10)11/h3-4,9H,1H2,(H,7,8)(H,10,11)(H,12,13)/t3-,4-/m0/s1. The van der Waals surface area contributed by atoms with E-state index in [1.54, 1.807) is 0 Å². The summed E-state index contributed by atoms with van der Waals surface area (Å²) >= 11 is 0.344. The molecule has 0 amide bonds. The number of carbonyl (C=O) groups is 3. The van der Waals surface area contributed by atoms with Crippen LogP contribution in [-0.2, 0) is 14.4 Å². The van der Waals surface area contributed by atoms with Crippen molar-refractivity contribution in [3.8, 4) is 0 Å². The lowest BCUT2D eigenvalue weighted by Gasteiger charge is -2.13. The van der Waals surface area contributed by atoms with Crippen LogP contribution in [0.2, 0.25) is 0 Å². The molecule has 4 N–H and O–H groups in total. The Labute approximate surface area is 82.3 Å². The second-order valence-electron chi connectivity index (χ2n) is 2.25. The molecule has 0 heterocycles. The number of aliphatic hydroxyl groups excluding tert-OH is 1. The highest BCUT2D eigenvalue weighted by Gasteiger charge is 2.32. The lowest BCUT2D eigenvalue weighted by Crippen LogP contribution is -2.38. The van der Waals surface area contributed by atoms with Crippen LogP contribution < -0.4 is 0 Å². The molecule has 0 aliphatic carbocycles. The summed E-state index contributed by atoms with van der Waals surface area (Å²) < 4.78 is 0. The molecule has 0 saturated carbocycles. The van der Waals surface area contributed by atoms with Crippen molar-refractivity contribution >= 4 is 29.7 Å². The predicted octanol–water partition coefficient (Wildman–Crippen LogP) is -1.30. The third-order valence-corrected chi connectivity index (χ3v) is 2.40. The zero-order chi connectivity index (χ0) is 11.3. The lowest BCUT2D eigenvalue weighted by atomic mass is 10.2. The molecule has 80 valence electrons. The topological polar surface area (TPSA) is 132 Å². The van der Waals surface area contributed by atoms with Crippen LogP contribution in [-0.4, -0.2) is 55.4 Å². The molecular formula is C6H8O7S. The Bertz CT molecular complexity index is 251. The largest absolute Gasteiger partial charge is 0.481 e. The van der Waals surface area contributed by atoms with E-state index in [4.69, 9.17) is 20.4 Å². The van der Waals surface area contributed by atoms with Gasteiger partial charge in [0, 0.05) is 0 Å². The molecule has 14 heavy (non-hydrogen) atoms. The molecule has 0 rings (SSSR count). The molecule has 0 saturated heterocycles. The third kappa shape index (κ3) is 4.10. The van der Waals surface area contributed by atoms with E-state index in [0.717, 1.165) is 0 Å². The van der Waals surface area contributed by atoms with Gasteiger partial charge in [-0.15, -0.1) is 11.8 Å². The molecule has 0 spiro atoms. The van der Waals surface area contributed by atoms with Crippen LogP contribution in [0.4, 0.5) is 0 Å². The summed E-state index contributed by atoms with van der Waals surface area (Å²) in [6.45, 7) is 0. The first kappa shape index (κ1) is 12.7. The summed E-state index contributed by atoms with van der Waals surface area (Å²) in [6, 6.07) is 0. The molecule has 0 aromatic heterocycles. The van der Waals surface area contributed by atoms with E-state index in [-0.39, 0.29) is 0 Å². The van der Waals surface area contributed by atoms with Gasteiger partial charge in [-0.25, -0.2) is 4.79 Å². The smallest absolute Gasteiger partial charge is 0.334 e. The van der Waals surface area contributed by atoms with Crippen molar-refractivity contribution in [2.45, 2.75) is 11.4 Å². The fourth-order valence-electron chi connectivity index (χ4n) is 0.588. The van der Waals surface area contributed by atoms with Crippen molar-refractivity contribution < 1.29 is 34.8 Å². The Morgan fingerprint density at radius 1 is 1.07 bits per heavy atom. The van der Waals surface area contributed by atoms with Gasteiger partial charge in [-0.2, -0.15) is 0 Å². The van der Waals surface area contributed by atoms with E-state index < -0.39 is 35.0 Å². The molecule has 0 aliphatic rings. The van der Waals surface area contributed by atoms with Gasteiger partial charge >= 0.3 is 17.9 Å². The average Bonchev–Trinajstić information content (AvgIpc) is 2.02. The highest BCUT2D eigenvalue weighted by atomic mass is 32.2. The molecular weight excluding hydrogens is 216 g/mol. The molecule has 0 bridgehead atoms. The van der Waals surface area contributed by atoms with Gasteiger partial charge in [0.05, 0.1) is 5.75 Å². The lowest BCUT2D eigenvalue weighted by molar-refractivity contribution is -0.152. The molecule has 0 aromatic rings. The van der Waals surface area contributed by atoms with E-state index in [1.165, 1.54) is 0 Å². The quantitative estimate of drug-likeness (QED) is 0.437. The summed E-state index contributed by atoms with van der Waals surface area (Å²) in [5, 5.41) is 32.2. The Morgan fingerprint density at radius 3 is 1.86 bits per heavy atom. The minimum absolute atomic E-state index is 0.344. The molecule has 0 aromatic carbocycles. The van der Waals surface area contributed by atoms with Gasteiger partial charge in [-0.1, -0.05) is 0 Å². The summed E-state index contributed by atoms with van der Waals surface area (Å²) in [5.74, 6) is -5.12. The van der Waals surface area contributed by atoms with Crippen molar-refractivity contribution in [3.05, 3.63) is 0 Å². The van der Waals surface area contributed by atoms with Crippen LogP contribution in [0.15, 0.2) is 0 Å². The van der Waals surface area contributed by atoms with Gasteiger partial charge < -0.3 is 20.4 Å². The van der Waals surface area contributed by atoms with Crippen LogP contribution in [0.1, 0.15) is 0 Å². The highest BCUT2D eigenvalue weighted by molar-refractivity contribution is 8.01. The van der Waals surface area contributed by atoms with Gasteiger partial charge in [0.25, 0.3) is 0 Å². The Hall–Kier alpha value is -1.28. The maximum Gasteiger partial charge on any atom is 0.334 e. The number of hydrogen-bond acceptors (Lipinski definition) is 5. The molecule has 2 atom stereocenters. The average molecular weight is 224 g/mol. The third-order valence-electron chi connectivity index (χ3n) is 1.17. The van der Waals surface area contributed by atoms with Crippen LogP contribution >= 0.6 is 11.8 Å². The van der Waals surface area contributed by atoms with Gasteiger partial charge in [-0.05, 0) is 0 Å². The second kappa shape index (κ2) is 5.45. The van der Waals surface area contributed by atoms with E-state index in [2.05, 4.69) is 0 Å². The maximum atomic E-state index is 10.4. The van der Waals surface area contributed by atoms with E-state index >= 15 is 0 Å². The van der Waals surface area contributed by atoms with Crippen molar-refractivity contribution in [2.75, 3.05) is 5.75 Å². The summed E-state index contributed by atoms with van der Waals surface area (Å²) in [5.41, 5.74) is 0. The number of aliphatic carboxylic acids is 3. The zero-order valence-electron chi connectivity index (χ0n) is 6.78. The normalized spacial score (nSPS) is 14.4. The van der Waals surface area contributed by atoms with Crippen molar-refractivity contribution in [1.29, 1.82) is 0 Å². The molecule has 0 fully saturated rings. The first-order valence-electron chi connectivity index (χ1n) is 3.33. The Kier molecular flexibility index (Phi) is 4.95. The van der Waals surface area contributed by atoms with Gasteiger partial charge in [0.2, 0.25) is 0 Å². The van der Waals surface area contributed by atoms with E-state index in [0.29, 0.717) is 11.8 Å².